The second kappa shape index (κ2) is 7.68. The number of carbonyl (C=O) groups is 1. The molecule has 4 N–H and O–H groups in total. The van der Waals surface area contributed by atoms with Crippen LogP contribution in [0.1, 0.15) is 63.1 Å². The van der Waals surface area contributed by atoms with Crippen molar-refractivity contribution in [1.82, 2.24) is 10.6 Å². The van der Waals surface area contributed by atoms with Crippen molar-refractivity contribution in [2.24, 2.45) is 0 Å². The maximum atomic E-state index is 12.2. The van der Waals surface area contributed by atoms with Gasteiger partial charge in [0.1, 0.15) is 5.75 Å². The van der Waals surface area contributed by atoms with E-state index < -0.39 is 5.60 Å². The molecule has 1 aromatic rings. The second-order valence-corrected chi connectivity index (χ2v) is 6.49. The first-order valence-corrected chi connectivity index (χ1v) is 8.56. The van der Waals surface area contributed by atoms with Gasteiger partial charge in [-0.25, -0.2) is 4.79 Å². The Kier molecular flexibility index (Phi) is 5.88. The highest BCUT2D eigenvalue weighted by molar-refractivity contribution is 5.74. The number of hydrogen-bond acceptors (Lipinski definition) is 3. The molecule has 0 bridgehead atoms. The van der Waals surface area contributed by atoms with Gasteiger partial charge in [0, 0.05) is 6.54 Å². The van der Waals surface area contributed by atoms with E-state index in [9.17, 15) is 15.0 Å². The highest BCUT2D eigenvalue weighted by atomic mass is 16.3. The number of aromatic hydroxyl groups is 1. The van der Waals surface area contributed by atoms with Crippen LogP contribution in [0.2, 0.25) is 0 Å². The number of phenolic OH excluding ortho intramolecular Hbond substituents is 1. The standard InChI is InChI=1S/C18H28N2O3/c1-3-10-18(23,11-4-2)12-19-17(22)20-15-9-8-14-13(15)6-5-7-16(14)21/h5-7,15,21,23H,3-4,8-12H2,1-2H3,(H2,19,20,22). The first-order chi connectivity index (χ1) is 11.0. The largest absolute Gasteiger partial charge is 0.508 e. The Hall–Kier alpha value is -1.75. The molecule has 1 aliphatic rings. The number of hydrogen-bond donors (Lipinski definition) is 4. The zero-order valence-electron chi connectivity index (χ0n) is 14.1. The van der Waals surface area contributed by atoms with Gasteiger partial charge in [-0.1, -0.05) is 38.8 Å². The lowest BCUT2D eigenvalue weighted by atomic mass is 9.93. The van der Waals surface area contributed by atoms with Crippen LogP contribution < -0.4 is 10.6 Å². The van der Waals surface area contributed by atoms with Crippen LogP contribution in [0.5, 0.6) is 5.75 Å². The summed E-state index contributed by atoms with van der Waals surface area (Å²) in [5.41, 5.74) is 1.08. The van der Waals surface area contributed by atoms with Gasteiger partial charge in [0.2, 0.25) is 0 Å². The van der Waals surface area contributed by atoms with Crippen molar-refractivity contribution in [2.75, 3.05) is 6.54 Å². The molecule has 23 heavy (non-hydrogen) atoms. The SMILES string of the molecule is CCCC(O)(CCC)CNC(=O)NC1CCc2c(O)cccc21. The van der Waals surface area contributed by atoms with E-state index in [0.29, 0.717) is 18.6 Å². The lowest BCUT2D eigenvalue weighted by molar-refractivity contribution is 0.0240. The van der Waals surface area contributed by atoms with Crippen LogP contribution in [-0.2, 0) is 6.42 Å². The van der Waals surface area contributed by atoms with E-state index in [1.165, 1.54) is 0 Å². The molecule has 0 fully saturated rings. The number of rotatable bonds is 7. The maximum Gasteiger partial charge on any atom is 0.315 e. The smallest absolute Gasteiger partial charge is 0.315 e. The van der Waals surface area contributed by atoms with E-state index in [-0.39, 0.29) is 18.6 Å². The molecule has 0 saturated carbocycles. The number of amides is 2. The van der Waals surface area contributed by atoms with E-state index in [2.05, 4.69) is 10.6 Å². The molecule has 2 rings (SSSR count). The summed E-state index contributed by atoms with van der Waals surface area (Å²) in [6.07, 6.45) is 4.68. The molecule has 0 spiro atoms. The van der Waals surface area contributed by atoms with E-state index in [4.69, 9.17) is 0 Å². The van der Waals surface area contributed by atoms with Crippen molar-refractivity contribution in [1.29, 1.82) is 0 Å². The van der Waals surface area contributed by atoms with E-state index in [0.717, 1.165) is 36.8 Å². The van der Waals surface area contributed by atoms with Crippen LogP contribution >= 0.6 is 0 Å². The van der Waals surface area contributed by atoms with Crippen LogP contribution in [0.4, 0.5) is 4.79 Å². The van der Waals surface area contributed by atoms with Crippen LogP contribution in [-0.4, -0.2) is 28.4 Å². The van der Waals surface area contributed by atoms with E-state index >= 15 is 0 Å². The molecule has 1 aromatic carbocycles. The highest BCUT2D eigenvalue weighted by Gasteiger charge is 2.28. The molecule has 1 unspecified atom stereocenters. The summed E-state index contributed by atoms with van der Waals surface area (Å²) in [5.74, 6) is 0.299. The Morgan fingerprint density at radius 3 is 2.65 bits per heavy atom. The number of nitrogens with one attached hydrogen (secondary N) is 2. The topological polar surface area (TPSA) is 81.6 Å². The van der Waals surface area contributed by atoms with Gasteiger partial charge in [0.15, 0.2) is 0 Å². The van der Waals surface area contributed by atoms with E-state index in [1.54, 1.807) is 12.1 Å². The van der Waals surface area contributed by atoms with Gasteiger partial charge in [-0.3, -0.25) is 0 Å². The minimum atomic E-state index is -0.827. The Balaban J connectivity index is 1.90. The Labute approximate surface area is 138 Å². The third-order valence-corrected chi connectivity index (χ3v) is 4.56. The fourth-order valence-electron chi connectivity index (χ4n) is 3.47. The van der Waals surface area contributed by atoms with Crippen LogP contribution in [0.3, 0.4) is 0 Å². The van der Waals surface area contributed by atoms with Gasteiger partial charge >= 0.3 is 6.03 Å². The number of aliphatic hydroxyl groups is 1. The van der Waals surface area contributed by atoms with Crippen molar-refractivity contribution in [3.8, 4) is 5.75 Å². The van der Waals surface area contributed by atoms with Gasteiger partial charge in [0.25, 0.3) is 0 Å². The minimum absolute atomic E-state index is 0.0810. The number of phenols is 1. The Bertz CT molecular complexity index is 539. The maximum absolute atomic E-state index is 12.2. The Morgan fingerprint density at radius 1 is 1.30 bits per heavy atom. The zero-order chi connectivity index (χ0) is 16.9. The molecule has 0 aliphatic heterocycles. The summed E-state index contributed by atoms with van der Waals surface area (Å²) in [5, 5.41) is 26.1. The predicted molar refractivity (Wildman–Crippen MR) is 90.5 cm³/mol. The van der Waals surface area contributed by atoms with Crippen LogP contribution in [0.25, 0.3) is 0 Å². The molecule has 1 atom stereocenters. The van der Waals surface area contributed by atoms with Gasteiger partial charge in [-0.05, 0) is 42.9 Å². The summed E-state index contributed by atoms with van der Waals surface area (Å²) < 4.78 is 0. The molecule has 5 heteroatoms. The number of carbonyl (C=O) groups excluding carboxylic acids is 1. The quantitative estimate of drug-likeness (QED) is 0.623. The summed E-state index contributed by atoms with van der Waals surface area (Å²) in [7, 11) is 0. The summed E-state index contributed by atoms with van der Waals surface area (Å²) >= 11 is 0. The average molecular weight is 320 g/mol. The normalized spacial score (nSPS) is 16.9. The molecular weight excluding hydrogens is 292 g/mol. The van der Waals surface area contributed by atoms with Crippen molar-refractivity contribution >= 4 is 6.03 Å². The number of fused-ring (bicyclic) bond motifs is 1. The third kappa shape index (κ3) is 4.38. The lowest BCUT2D eigenvalue weighted by Crippen LogP contribution is -2.46. The first-order valence-electron chi connectivity index (χ1n) is 8.56. The molecule has 5 nitrogen and oxygen atoms in total. The molecule has 0 saturated heterocycles. The molecule has 1 aliphatic carbocycles. The van der Waals surface area contributed by atoms with Gasteiger partial charge in [-0.2, -0.15) is 0 Å². The van der Waals surface area contributed by atoms with Gasteiger partial charge in [-0.15, -0.1) is 0 Å². The van der Waals surface area contributed by atoms with Crippen molar-refractivity contribution < 1.29 is 15.0 Å². The van der Waals surface area contributed by atoms with Crippen molar-refractivity contribution in [3.63, 3.8) is 0 Å². The van der Waals surface area contributed by atoms with Crippen molar-refractivity contribution in [3.05, 3.63) is 29.3 Å². The summed E-state index contributed by atoms with van der Waals surface area (Å²) in [6, 6.07) is 5.07. The van der Waals surface area contributed by atoms with Gasteiger partial charge < -0.3 is 20.8 Å². The second-order valence-electron chi connectivity index (χ2n) is 6.49. The summed E-state index contributed by atoms with van der Waals surface area (Å²) in [4.78, 5) is 12.2. The fraction of sp³-hybridized carbons (Fsp3) is 0.611. The minimum Gasteiger partial charge on any atom is -0.508 e. The Morgan fingerprint density at radius 2 is 2.00 bits per heavy atom. The highest BCUT2D eigenvalue weighted by Crippen LogP contribution is 2.36. The monoisotopic (exact) mass is 320 g/mol. The molecule has 0 heterocycles. The zero-order valence-corrected chi connectivity index (χ0v) is 14.1. The predicted octanol–water partition coefficient (Wildman–Crippen LogP) is 3.01. The molecular formula is C18H28N2O3. The van der Waals surface area contributed by atoms with Crippen LogP contribution in [0.15, 0.2) is 18.2 Å². The molecule has 128 valence electrons. The molecule has 0 radical (unpaired) electrons. The van der Waals surface area contributed by atoms with E-state index in [1.807, 2.05) is 19.9 Å². The summed E-state index contributed by atoms with van der Waals surface area (Å²) in [6.45, 7) is 4.32. The number of urea groups is 1. The van der Waals surface area contributed by atoms with Crippen molar-refractivity contribution in [2.45, 2.75) is 64.0 Å². The lowest BCUT2D eigenvalue weighted by Gasteiger charge is -2.28. The first kappa shape index (κ1) is 17.6. The third-order valence-electron chi connectivity index (χ3n) is 4.56. The number of benzene rings is 1. The fourth-order valence-corrected chi connectivity index (χ4v) is 3.47. The molecule has 0 aromatic heterocycles. The van der Waals surface area contributed by atoms with Crippen LogP contribution in [0, 0.1) is 0 Å². The average Bonchev–Trinajstić information content (AvgIpc) is 2.91. The van der Waals surface area contributed by atoms with Gasteiger partial charge in [0.05, 0.1) is 11.6 Å². The molecule has 2 amide bonds.